The van der Waals surface area contributed by atoms with Crippen LogP contribution in [0.3, 0.4) is 0 Å². The number of halogens is 1. The molecule has 0 saturated heterocycles. The largest absolute Gasteiger partial charge is 0.330 e. The Morgan fingerprint density at radius 1 is 1.44 bits per heavy atom. The number of aromatic nitrogens is 2. The molecule has 0 amide bonds. The molecule has 1 heterocycles. The molecular formula is C12H15IN2O. The van der Waals surface area contributed by atoms with Gasteiger partial charge in [0.05, 0.1) is 0 Å². The topological polar surface area (TPSA) is 34.9 Å². The van der Waals surface area contributed by atoms with Crippen molar-refractivity contribution < 1.29 is 4.79 Å². The van der Waals surface area contributed by atoms with Gasteiger partial charge < -0.3 is 4.57 Å². The third-order valence-corrected chi connectivity index (χ3v) is 4.30. The highest BCUT2D eigenvalue weighted by Crippen LogP contribution is 2.59. The van der Waals surface area contributed by atoms with Crippen LogP contribution in [-0.2, 0) is 4.79 Å². The van der Waals surface area contributed by atoms with Crippen LogP contribution in [0.2, 0.25) is 0 Å². The van der Waals surface area contributed by atoms with Gasteiger partial charge >= 0.3 is 0 Å². The van der Waals surface area contributed by atoms with Crippen molar-refractivity contribution in [1.29, 1.82) is 0 Å². The van der Waals surface area contributed by atoms with Crippen LogP contribution < -0.4 is 0 Å². The number of fused-ring (bicyclic) bond motifs is 1. The molecule has 2 saturated carbocycles. The molecule has 0 unspecified atom stereocenters. The smallest absolute Gasteiger partial charge is 0.133 e. The second-order valence-electron chi connectivity index (χ2n) is 5.25. The summed E-state index contributed by atoms with van der Waals surface area (Å²) in [6.45, 7) is 4.36. The minimum absolute atomic E-state index is 0.451. The molecule has 2 aliphatic carbocycles. The number of hydrogen-bond donors (Lipinski definition) is 0. The number of hydrogen-bond acceptors (Lipinski definition) is 2. The van der Waals surface area contributed by atoms with Crippen LogP contribution in [0.1, 0.15) is 44.5 Å². The van der Waals surface area contributed by atoms with E-state index in [9.17, 15) is 4.79 Å². The van der Waals surface area contributed by atoms with Crippen LogP contribution in [0.4, 0.5) is 0 Å². The standard InChI is InChI=1S/C12H15IN2O/c1-6(2)12-14-10(13)5-15(12)11-8-3-7(16)4-9(8)11/h5-6,8-9,11H,3-4H2,1-2H3/t8-,9+,11+. The second kappa shape index (κ2) is 3.55. The Kier molecular flexibility index (Phi) is 2.38. The van der Waals surface area contributed by atoms with Gasteiger partial charge in [0.2, 0.25) is 0 Å². The zero-order valence-electron chi connectivity index (χ0n) is 9.48. The molecule has 2 fully saturated rings. The van der Waals surface area contributed by atoms with Gasteiger partial charge in [-0.1, -0.05) is 13.8 Å². The fourth-order valence-electron chi connectivity index (χ4n) is 3.03. The van der Waals surface area contributed by atoms with E-state index in [0.717, 1.165) is 16.5 Å². The summed E-state index contributed by atoms with van der Waals surface area (Å²) in [7, 11) is 0. The Morgan fingerprint density at radius 3 is 2.62 bits per heavy atom. The highest BCUT2D eigenvalue weighted by Gasteiger charge is 2.57. The lowest BCUT2D eigenvalue weighted by atomic mass is 10.2. The quantitative estimate of drug-likeness (QED) is 0.782. The molecular weight excluding hydrogens is 315 g/mol. The first kappa shape index (κ1) is 10.7. The van der Waals surface area contributed by atoms with E-state index in [4.69, 9.17) is 0 Å². The highest BCUT2D eigenvalue weighted by atomic mass is 127. The van der Waals surface area contributed by atoms with E-state index >= 15 is 0 Å². The minimum Gasteiger partial charge on any atom is -0.330 e. The van der Waals surface area contributed by atoms with Gasteiger partial charge in [0, 0.05) is 31.0 Å². The second-order valence-corrected chi connectivity index (χ2v) is 6.35. The SMILES string of the molecule is CC(C)c1nc(I)cn1[C@H]1[C@@H]2CC(=O)C[C@@H]21. The van der Waals surface area contributed by atoms with Crippen molar-refractivity contribution in [3.05, 3.63) is 15.7 Å². The van der Waals surface area contributed by atoms with Crippen molar-refractivity contribution in [2.24, 2.45) is 11.8 Å². The number of ketones is 1. The fraction of sp³-hybridized carbons (Fsp3) is 0.667. The summed E-state index contributed by atoms with van der Waals surface area (Å²) < 4.78 is 3.39. The zero-order chi connectivity index (χ0) is 11.4. The summed E-state index contributed by atoms with van der Waals surface area (Å²) in [5.74, 6) is 3.30. The third-order valence-electron chi connectivity index (χ3n) is 3.78. The Bertz CT molecular complexity index is 438. The van der Waals surface area contributed by atoms with Crippen molar-refractivity contribution in [1.82, 2.24) is 9.55 Å². The molecule has 3 nitrogen and oxygen atoms in total. The van der Waals surface area contributed by atoms with Crippen molar-refractivity contribution >= 4 is 28.4 Å². The van der Waals surface area contributed by atoms with E-state index in [0.29, 0.717) is 29.6 Å². The molecule has 0 aromatic carbocycles. The number of rotatable bonds is 2. The molecule has 86 valence electrons. The average Bonchev–Trinajstić information content (AvgIpc) is 2.60. The number of carbonyl (C=O) groups excluding carboxylic acids is 1. The van der Waals surface area contributed by atoms with E-state index in [1.165, 1.54) is 5.82 Å². The van der Waals surface area contributed by atoms with Gasteiger partial charge in [-0.3, -0.25) is 4.79 Å². The van der Waals surface area contributed by atoms with Gasteiger partial charge in [-0.15, -0.1) is 0 Å². The molecule has 0 spiro atoms. The van der Waals surface area contributed by atoms with Crippen LogP contribution in [0.25, 0.3) is 0 Å². The van der Waals surface area contributed by atoms with E-state index in [-0.39, 0.29) is 0 Å². The normalized spacial score (nSPS) is 32.2. The molecule has 1 aromatic heterocycles. The lowest BCUT2D eigenvalue weighted by Gasteiger charge is -2.11. The summed E-state index contributed by atoms with van der Waals surface area (Å²) in [5, 5.41) is 0. The summed E-state index contributed by atoms with van der Waals surface area (Å²) in [4.78, 5) is 15.8. The van der Waals surface area contributed by atoms with Crippen molar-refractivity contribution in [2.75, 3.05) is 0 Å². The molecule has 0 bridgehead atoms. The van der Waals surface area contributed by atoms with Gasteiger partial charge in [0.25, 0.3) is 0 Å². The highest BCUT2D eigenvalue weighted by molar-refractivity contribution is 14.1. The zero-order valence-corrected chi connectivity index (χ0v) is 11.6. The minimum atomic E-state index is 0.451. The maximum absolute atomic E-state index is 11.3. The van der Waals surface area contributed by atoms with Crippen molar-refractivity contribution in [2.45, 2.75) is 38.6 Å². The number of imidazole rings is 1. The number of Topliss-reactive ketones (excluding diaryl/α,β-unsaturated/α-hetero) is 1. The number of nitrogens with zero attached hydrogens (tertiary/aromatic N) is 2. The van der Waals surface area contributed by atoms with E-state index in [1.807, 2.05) is 0 Å². The molecule has 0 aliphatic heterocycles. The van der Waals surface area contributed by atoms with Crippen LogP contribution in [0.5, 0.6) is 0 Å². The maximum atomic E-state index is 11.3. The molecule has 16 heavy (non-hydrogen) atoms. The first-order valence-electron chi connectivity index (χ1n) is 5.84. The molecule has 0 N–H and O–H groups in total. The summed E-state index contributed by atoms with van der Waals surface area (Å²) in [6.07, 6.45) is 3.73. The molecule has 2 aliphatic rings. The van der Waals surface area contributed by atoms with Crippen LogP contribution >= 0.6 is 22.6 Å². The van der Waals surface area contributed by atoms with Gasteiger partial charge in [-0.25, -0.2) is 4.98 Å². The van der Waals surface area contributed by atoms with Crippen LogP contribution in [0.15, 0.2) is 6.20 Å². The van der Waals surface area contributed by atoms with Crippen molar-refractivity contribution in [3.63, 3.8) is 0 Å². The van der Waals surface area contributed by atoms with Crippen molar-refractivity contribution in [3.8, 4) is 0 Å². The molecule has 3 rings (SSSR count). The molecule has 4 heteroatoms. The average molecular weight is 330 g/mol. The molecule has 1 aromatic rings. The van der Waals surface area contributed by atoms with E-state index in [2.05, 4.69) is 52.2 Å². The van der Waals surface area contributed by atoms with E-state index in [1.54, 1.807) is 0 Å². The first-order chi connectivity index (χ1) is 7.58. The lowest BCUT2D eigenvalue weighted by Crippen LogP contribution is -2.08. The van der Waals surface area contributed by atoms with Gasteiger partial charge in [0.1, 0.15) is 15.3 Å². The Hall–Kier alpha value is -0.390. The van der Waals surface area contributed by atoms with Gasteiger partial charge in [-0.2, -0.15) is 0 Å². The monoisotopic (exact) mass is 330 g/mol. The lowest BCUT2D eigenvalue weighted by molar-refractivity contribution is -0.118. The first-order valence-corrected chi connectivity index (χ1v) is 6.91. The molecule has 0 radical (unpaired) electrons. The summed E-state index contributed by atoms with van der Waals surface area (Å²) >= 11 is 2.27. The third kappa shape index (κ3) is 1.53. The van der Waals surface area contributed by atoms with Gasteiger partial charge in [-0.05, 0) is 34.4 Å². The van der Waals surface area contributed by atoms with Gasteiger partial charge in [0.15, 0.2) is 0 Å². The van der Waals surface area contributed by atoms with Crippen LogP contribution in [-0.4, -0.2) is 15.3 Å². The Morgan fingerprint density at radius 2 is 2.06 bits per heavy atom. The molecule has 3 atom stereocenters. The predicted molar refractivity (Wildman–Crippen MR) is 69.3 cm³/mol. The maximum Gasteiger partial charge on any atom is 0.133 e. The van der Waals surface area contributed by atoms with Crippen LogP contribution in [0, 0.1) is 15.5 Å². The fourth-order valence-corrected chi connectivity index (χ4v) is 3.58. The Labute approximate surface area is 109 Å². The number of carbonyl (C=O) groups is 1. The van der Waals surface area contributed by atoms with E-state index < -0.39 is 0 Å². The summed E-state index contributed by atoms with van der Waals surface area (Å²) in [6, 6.07) is 0.561. The summed E-state index contributed by atoms with van der Waals surface area (Å²) in [5.41, 5.74) is 0. The Balaban J connectivity index is 1.89. The predicted octanol–water partition coefficient (Wildman–Crippen LogP) is 2.76.